The predicted molar refractivity (Wildman–Crippen MR) is 122 cm³/mol. The van der Waals surface area contributed by atoms with Crippen LogP contribution < -0.4 is 15.4 Å². The van der Waals surface area contributed by atoms with Gasteiger partial charge < -0.3 is 20.3 Å². The fraction of sp³-hybridized carbons (Fsp3) is 0.364. The van der Waals surface area contributed by atoms with E-state index < -0.39 is 0 Å². The third kappa shape index (κ3) is 7.02. The van der Waals surface area contributed by atoms with Gasteiger partial charge in [-0.3, -0.25) is 9.69 Å². The molecule has 0 saturated carbocycles. The van der Waals surface area contributed by atoms with Crippen molar-refractivity contribution in [2.45, 2.75) is 0 Å². The first kappa shape index (κ1) is 23.2. The van der Waals surface area contributed by atoms with Gasteiger partial charge in [0.25, 0.3) is 5.91 Å². The van der Waals surface area contributed by atoms with E-state index in [0.717, 1.165) is 19.6 Å². The summed E-state index contributed by atoms with van der Waals surface area (Å²) in [6, 6.07) is 14.1. The van der Waals surface area contributed by atoms with Crippen LogP contribution in [0.5, 0.6) is 5.75 Å². The van der Waals surface area contributed by atoms with Crippen LogP contribution in [0.3, 0.4) is 0 Å². The van der Waals surface area contributed by atoms with Crippen molar-refractivity contribution in [2.24, 2.45) is 0 Å². The average molecular weight is 465 g/mol. The summed E-state index contributed by atoms with van der Waals surface area (Å²) in [7, 11) is 0. The van der Waals surface area contributed by atoms with Crippen LogP contribution in [0.1, 0.15) is 10.4 Å². The molecule has 0 atom stereocenters. The zero-order valence-electron chi connectivity index (χ0n) is 17.2. The molecule has 2 aromatic carbocycles. The van der Waals surface area contributed by atoms with E-state index in [2.05, 4.69) is 15.5 Å². The van der Waals surface area contributed by atoms with E-state index in [0.29, 0.717) is 54.1 Å². The molecule has 0 radical (unpaired) electrons. The molecule has 31 heavy (non-hydrogen) atoms. The minimum atomic E-state index is -0.257. The number of ether oxygens (including phenoxy) is 1. The average Bonchev–Trinajstić information content (AvgIpc) is 2.78. The Morgan fingerprint density at radius 2 is 1.52 bits per heavy atom. The summed E-state index contributed by atoms with van der Waals surface area (Å²) in [6.07, 6.45) is 0. The van der Waals surface area contributed by atoms with Gasteiger partial charge in [-0.1, -0.05) is 47.5 Å². The number of nitrogens with one attached hydrogen (secondary N) is 2. The van der Waals surface area contributed by atoms with Gasteiger partial charge in [0, 0.05) is 45.8 Å². The van der Waals surface area contributed by atoms with Crippen LogP contribution in [0.4, 0.5) is 4.79 Å². The number of piperazine rings is 1. The predicted octanol–water partition coefficient (Wildman–Crippen LogP) is 3.13. The molecule has 2 N–H and O–H groups in total. The summed E-state index contributed by atoms with van der Waals surface area (Å²) in [5.74, 6) is 0.427. The Hall–Kier alpha value is -2.48. The molecule has 1 aliphatic heterocycles. The van der Waals surface area contributed by atoms with Crippen molar-refractivity contribution in [1.82, 2.24) is 20.4 Å². The highest BCUT2D eigenvalue weighted by Gasteiger charge is 2.20. The molecule has 166 valence electrons. The highest BCUT2D eigenvalue weighted by Crippen LogP contribution is 2.22. The summed E-state index contributed by atoms with van der Waals surface area (Å²) in [5.41, 5.74) is 0.421. The number of benzene rings is 2. The van der Waals surface area contributed by atoms with E-state index in [1.165, 1.54) is 0 Å². The molecule has 1 saturated heterocycles. The molecule has 0 spiro atoms. The highest BCUT2D eigenvalue weighted by atomic mass is 35.5. The summed E-state index contributed by atoms with van der Waals surface area (Å²) >= 11 is 12.1. The van der Waals surface area contributed by atoms with Crippen LogP contribution in [-0.2, 0) is 0 Å². The molecule has 0 aliphatic carbocycles. The van der Waals surface area contributed by atoms with E-state index in [1.54, 1.807) is 35.2 Å². The van der Waals surface area contributed by atoms with E-state index in [1.807, 2.05) is 18.2 Å². The molecule has 3 amide bonds. The van der Waals surface area contributed by atoms with Gasteiger partial charge in [0.15, 0.2) is 0 Å². The van der Waals surface area contributed by atoms with Crippen molar-refractivity contribution in [3.05, 3.63) is 64.1 Å². The van der Waals surface area contributed by atoms with Crippen LogP contribution in [0, 0.1) is 0 Å². The molecule has 9 heteroatoms. The zero-order chi connectivity index (χ0) is 22.1. The second kappa shape index (κ2) is 11.8. The number of hydrogen-bond acceptors (Lipinski definition) is 4. The fourth-order valence-electron chi connectivity index (χ4n) is 3.22. The van der Waals surface area contributed by atoms with Gasteiger partial charge in [-0.15, -0.1) is 0 Å². The molecule has 1 aliphatic rings. The number of rotatable bonds is 8. The fourth-order valence-corrected chi connectivity index (χ4v) is 3.63. The normalized spacial score (nSPS) is 14.2. The van der Waals surface area contributed by atoms with E-state index >= 15 is 0 Å². The third-order valence-corrected chi connectivity index (χ3v) is 5.61. The molecule has 1 heterocycles. The Labute approximate surface area is 192 Å². The van der Waals surface area contributed by atoms with Gasteiger partial charge in [0.05, 0.1) is 15.6 Å². The van der Waals surface area contributed by atoms with Crippen LogP contribution >= 0.6 is 23.2 Å². The minimum Gasteiger partial charge on any atom is -0.491 e. The van der Waals surface area contributed by atoms with Gasteiger partial charge in [-0.25, -0.2) is 4.79 Å². The van der Waals surface area contributed by atoms with Crippen molar-refractivity contribution in [3.63, 3.8) is 0 Å². The molecule has 0 aromatic heterocycles. The summed E-state index contributed by atoms with van der Waals surface area (Å²) in [5, 5.41) is 6.60. The van der Waals surface area contributed by atoms with Crippen molar-refractivity contribution in [1.29, 1.82) is 0 Å². The molecule has 2 aromatic rings. The lowest BCUT2D eigenvalue weighted by Gasteiger charge is -2.34. The van der Waals surface area contributed by atoms with Crippen molar-refractivity contribution in [3.8, 4) is 5.75 Å². The summed E-state index contributed by atoms with van der Waals surface area (Å²) < 4.78 is 5.73. The number of halogens is 2. The third-order valence-electron chi connectivity index (χ3n) is 4.97. The van der Waals surface area contributed by atoms with E-state index in [-0.39, 0.29) is 11.9 Å². The first-order valence-electron chi connectivity index (χ1n) is 10.2. The number of amides is 3. The van der Waals surface area contributed by atoms with Crippen molar-refractivity contribution in [2.75, 3.05) is 52.4 Å². The van der Waals surface area contributed by atoms with Gasteiger partial charge in [0.2, 0.25) is 0 Å². The van der Waals surface area contributed by atoms with Crippen molar-refractivity contribution < 1.29 is 14.3 Å². The Morgan fingerprint density at radius 1 is 0.871 bits per heavy atom. The number of urea groups is 1. The number of carbonyl (C=O) groups excluding carboxylic acids is 2. The first-order chi connectivity index (χ1) is 15.0. The van der Waals surface area contributed by atoms with Crippen LogP contribution in [0.15, 0.2) is 48.5 Å². The van der Waals surface area contributed by atoms with Crippen LogP contribution in [0.2, 0.25) is 10.0 Å². The Bertz CT molecular complexity index is 889. The Morgan fingerprint density at radius 3 is 2.23 bits per heavy atom. The smallest absolute Gasteiger partial charge is 0.317 e. The minimum absolute atomic E-state index is 0.126. The van der Waals surface area contributed by atoms with Crippen LogP contribution in [0.25, 0.3) is 0 Å². The number of para-hydroxylation sites is 1. The first-order valence-corrected chi connectivity index (χ1v) is 11.0. The van der Waals surface area contributed by atoms with Gasteiger partial charge in [-0.05, 0) is 24.3 Å². The SMILES string of the molecule is O=C(NCCNC(=O)N1CCN(CCOc2ccccc2Cl)CC1)c1ccccc1Cl. The maximum Gasteiger partial charge on any atom is 0.317 e. The molecular weight excluding hydrogens is 439 g/mol. The lowest BCUT2D eigenvalue weighted by atomic mass is 10.2. The number of nitrogens with zero attached hydrogens (tertiary/aromatic N) is 2. The van der Waals surface area contributed by atoms with E-state index in [9.17, 15) is 9.59 Å². The highest BCUT2D eigenvalue weighted by molar-refractivity contribution is 6.33. The molecule has 1 fully saturated rings. The monoisotopic (exact) mass is 464 g/mol. The standard InChI is InChI=1S/C22H26Cl2N4O3/c23-18-6-2-1-5-17(18)21(29)25-9-10-26-22(30)28-13-11-27(12-14-28)15-16-31-20-8-4-3-7-19(20)24/h1-8H,9-16H2,(H,25,29)(H,26,30). The maximum atomic E-state index is 12.3. The Balaban J connectivity index is 1.29. The zero-order valence-corrected chi connectivity index (χ0v) is 18.7. The quantitative estimate of drug-likeness (QED) is 0.588. The largest absolute Gasteiger partial charge is 0.491 e. The Kier molecular flexibility index (Phi) is 8.82. The lowest BCUT2D eigenvalue weighted by Crippen LogP contribution is -2.53. The van der Waals surface area contributed by atoms with Crippen LogP contribution in [-0.4, -0.2) is 74.2 Å². The van der Waals surface area contributed by atoms with Gasteiger partial charge in [-0.2, -0.15) is 0 Å². The van der Waals surface area contributed by atoms with E-state index in [4.69, 9.17) is 27.9 Å². The molecule has 0 unspecified atom stereocenters. The molecule has 7 nitrogen and oxygen atoms in total. The van der Waals surface area contributed by atoms with Crippen molar-refractivity contribution >= 4 is 35.1 Å². The second-order valence-electron chi connectivity index (χ2n) is 7.08. The topological polar surface area (TPSA) is 73.9 Å². The molecule has 0 bridgehead atoms. The summed E-state index contributed by atoms with van der Waals surface area (Å²) in [4.78, 5) is 28.5. The molecule has 3 rings (SSSR count). The number of carbonyl (C=O) groups is 2. The lowest BCUT2D eigenvalue weighted by molar-refractivity contribution is 0.0952. The number of hydrogen-bond donors (Lipinski definition) is 2. The van der Waals surface area contributed by atoms with Gasteiger partial charge in [0.1, 0.15) is 12.4 Å². The summed E-state index contributed by atoms with van der Waals surface area (Å²) in [6.45, 7) is 4.84. The van der Waals surface area contributed by atoms with Gasteiger partial charge >= 0.3 is 6.03 Å². The maximum absolute atomic E-state index is 12.3. The molecular formula is C22H26Cl2N4O3. The second-order valence-corrected chi connectivity index (χ2v) is 7.89.